The number of aromatic nitrogens is 3. The minimum Gasteiger partial charge on any atom is -0.217 e. The van der Waals surface area contributed by atoms with Gasteiger partial charge in [0.05, 0.1) is 10.6 Å². The average Bonchev–Trinajstić information content (AvgIpc) is 2.90. The fourth-order valence-corrected chi connectivity index (χ4v) is 4.11. The topological polar surface area (TPSA) is 64.8 Å². The summed E-state index contributed by atoms with van der Waals surface area (Å²) in [5.41, 5.74) is 0.361. The third kappa shape index (κ3) is 3.03. The Morgan fingerprint density at radius 3 is 2.29 bits per heavy atom. The van der Waals surface area contributed by atoms with Crippen molar-refractivity contribution in [3.8, 4) is 5.69 Å². The van der Waals surface area contributed by atoms with Crippen molar-refractivity contribution in [3.05, 3.63) is 62.9 Å². The van der Waals surface area contributed by atoms with Crippen LogP contribution in [0.1, 0.15) is 5.69 Å². The number of rotatable bonds is 3. The van der Waals surface area contributed by atoms with Crippen LogP contribution >= 0.6 is 31.9 Å². The Labute approximate surface area is 154 Å². The second-order valence-electron chi connectivity index (χ2n) is 4.94. The molecule has 0 aliphatic heterocycles. The maximum absolute atomic E-state index is 14.1. The summed E-state index contributed by atoms with van der Waals surface area (Å²) >= 11 is 6.43. The Kier molecular flexibility index (Phi) is 4.58. The van der Waals surface area contributed by atoms with Crippen LogP contribution in [0.2, 0.25) is 0 Å². The molecule has 0 bridgehead atoms. The van der Waals surface area contributed by atoms with E-state index in [0.717, 1.165) is 4.47 Å². The van der Waals surface area contributed by atoms with Gasteiger partial charge >= 0.3 is 0 Å². The highest BCUT2D eigenvalue weighted by molar-refractivity contribution is 9.10. The molecule has 5 nitrogen and oxygen atoms in total. The summed E-state index contributed by atoms with van der Waals surface area (Å²) in [6, 6.07) is 10.6. The molecule has 3 aromatic rings. The van der Waals surface area contributed by atoms with Gasteiger partial charge in [-0.3, -0.25) is 0 Å². The van der Waals surface area contributed by atoms with Crippen LogP contribution in [0.3, 0.4) is 0 Å². The van der Waals surface area contributed by atoms with Crippen molar-refractivity contribution in [1.29, 1.82) is 0 Å². The number of sulfone groups is 1. The van der Waals surface area contributed by atoms with Gasteiger partial charge in [0.2, 0.25) is 14.9 Å². The molecule has 0 spiro atoms. The molecule has 0 radical (unpaired) electrons. The standard InChI is InChI=1S/C15H10Br2FN3O2S/c1-9-15(24(22,23)12-5-2-10(16)3-6-12)19-20-21(9)14-7-4-11(17)8-13(14)18/h2-8H,1H3. The molecular weight excluding hydrogens is 465 g/mol. The van der Waals surface area contributed by atoms with Crippen LogP contribution in [0.5, 0.6) is 0 Å². The van der Waals surface area contributed by atoms with Gasteiger partial charge in [-0.2, -0.15) is 0 Å². The Morgan fingerprint density at radius 2 is 1.67 bits per heavy atom. The van der Waals surface area contributed by atoms with Crippen LogP contribution < -0.4 is 0 Å². The Morgan fingerprint density at radius 1 is 1.04 bits per heavy atom. The molecule has 124 valence electrons. The van der Waals surface area contributed by atoms with Crippen molar-refractivity contribution in [2.75, 3.05) is 0 Å². The van der Waals surface area contributed by atoms with Crippen LogP contribution in [0.4, 0.5) is 4.39 Å². The first kappa shape index (κ1) is 17.2. The molecule has 0 fully saturated rings. The highest BCUT2D eigenvalue weighted by Crippen LogP contribution is 2.26. The summed E-state index contributed by atoms with van der Waals surface area (Å²) in [5.74, 6) is -0.537. The summed E-state index contributed by atoms with van der Waals surface area (Å²) in [6.45, 7) is 1.53. The van der Waals surface area contributed by atoms with Crippen LogP contribution in [-0.4, -0.2) is 23.4 Å². The summed E-state index contributed by atoms with van der Waals surface area (Å²) in [6.07, 6.45) is 0. The lowest BCUT2D eigenvalue weighted by atomic mass is 10.3. The average molecular weight is 475 g/mol. The summed E-state index contributed by atoms with van der Waals surface area (Å²) < 4.78 is 42.1. The van der Waals surface area contributed by atoms with E-state index >= 15 is 0 Å². The van der Waals surface area contributed by atoms with Gasteiger partial charge in [0.15, 0.2) is 0 Å². The molecule has 0 unspecified atom stereocenters. The minimum absolute atomic E-state index is 0.0946. The first-order chi connectivity index (χ1) is 11.3. The number of hydrogen-bond donors (Lipinski definition) is 0. The van der Waals surface area contributed by atoms with Crippen molar-refractivity contribution < 1.29 is 12.8 Å². The number of nitrogens with zero attached hydrogens (tertiary/aromatic N) is 3. The van der Waals surface area contributed by atoms with Gasteiger partial charge in [0.1, 0.15) is 11.5 Å². The van der Waals surface area contributed by atoms with E-state index in [1.165, 1.54) is 35.9 Å². The molecule has 0 amide bonds. The zero-order valence-corrected chi connectivity index (χ0v) is 16.2. The lowest BCUT2D eigenvalue weighted by Crippen LogP contribution is -2.06. The van der Waals surface area contributed by atoms with E-state index in [9.17, 15) is 12.8 Å². The molecule has 0 saturated heterocycles. The van der Waals surface area contributed by atoms with Gasteiger partial charge < -0.3 is 0 Å². The second kappa shape index (κ2) is 6.38. The second-order valence-corrected chi connectivity index (χ2v) is 8.64. The van der Waals surface area contributed by atoms with E-state index in [1.807, 2.05) is 0 Å². The van der Waals surface area contributed by atoms with E-state index < -0.39 is 15.7 Å². The Bertz CT molecular complexity index is 1020. The Hall–Kier alpha value is -1.58. The third-order valence-corrected chi connectivity index (χ3v) is 6.17. The number of benzene rings is 2. The highest BCUT2D eigenvalue weighted by atomic mass is 79.9. The maximum atomic E-state index is 14.1. The molecule has 0 saturated carbocycles. The molecular formula is C15H10Br2FN3O2S. The normalized spacial score (nSPS) is 11.7. The van der Waals surface area contributed by atoms with E-state index in [4.69, 9.17) is 0 Å². The van der Waals surface area contributed by atoms with Crippen LogP contribution in [-0.2, 0) is 9.84 Å². The lowest BCUT2D eigenvalue weighted by Gasteiger charge is -2.06. The van der Waals surface area contributed by atoms with Crippen molar-refractivity contribution in [1.82, 2.24) is 15.0 Å². The van der Waals surface area contributed by atoms with Gasteiger partial charge in [-0.05, 0) is 49.4 Å². The quantitative estimate of drug-likeness (QED) is 0.573. The molecule has 0 aliphatic rings. The SMILES string of the molecule is Cc1c(S(=O)(=O)c2ccc(Br)cc2)nnn1-c1ccc(Br)cc1F. The van der Waals surface area contributed by atoms with Gasteiger partial charge in [-0.25, -0.2) is 17.5 Å². The summed E-state index contributed by atoms with van der Waals surface area (Å²) in [4.78, 5) is 0.0946. The predicted octanol–water partition coefficient (Wildman–Crippen LogP) is 4.07. The van der Waals surface area contributed by atoms with E-state index in [0.29, 0.717) is 4.47 Å². The minimum atomic E-state index is -3.84. The van der Waals surface area contributed by atoms with Crippen molar-refractivity contribution in [3.63, 3.8) is 0 Å². The summed E-state index contributed by atoms with van der Waals surface area (Å²) in [5, 5.41) is 7.37. The highest BCUT2D eigenvalue weighted by Gasteiger charge is 2.26. The van der Waals surface area contributed by atoms with Gasteiger partial charge in [0.25, 0.3) is 0 Å². The van der Waals surface area contributed by atoms with E-state index in [1.54, 1.807) is 18.2 Å². The molecule has 1 aromatic heterocycles. The molecule has 0 atom stereocenters. The number of halogens is 3. The first-order valence-corrected chi connectivity index (χ1v) is 9.76. The molecule has 24 heavy (non-hydrogen) atoms. The zero-order valence-electron chi connectivity index (χ0n) is 12.2. The van der Waals surface area contributed by atoms with Crippen LogP contribution in [0.25, 0.3) is 5.69 Å². The maximum Gasteiger partial charge on any atom is 0.227 e. The first-order valence-electron chi connectivity index (χ1n) is 6.69. The molecule has 3 rings (SSSR count). The largest absolute Gasteiger partial charge is 0.227 e. The lowest BCUT2D eigenvalue weighted by molar-refractivity contribution is 0.591. The fraction of sp³-hybridized carbons (Fsp3) is 0.0667. The molecule has 9 heteroatoms. The van der Waals surface area contributed by atoms with Gasteiger partial charge in [-0.15, -0.1) is 5.10 Å². The molecule has 1 heterocycles. The third-order valence-electron chi connectivity index (χ3n) is 3.37. The molecule has 2 aromatic carbocycles. The van der Waals surface area contributed by atoms with E-state index in [-0.39, 0.29) is 21.3 Å². The fourth-order valence-electron chi connectivity index (χ4n) is 2.17. The monoisotopic (exact) mass is 473 g/mol. The smallest absolute Gasteiger partial charge is 0.217 e. The van der Waals surface area contributed by atoms with Crippen LogP contribution in [0, 0.1) is 12.7 Å². The molecule has 0 aliphatic carbocycles. The number of hydrogen-bond acceptors (Lipinski definition) is 4. The summed E-state index contributed by atoms with van der Waals surface area (Å²) in [7, 11) is -3.84. The van der Waals surface area contributed by atoms with E-state index in [2.05, 4.69) is 42.2 Å². The van der Waals surface area contributed by atoms with Crippen molar-refractivity contribution in [2.45, 2.75) is 16.8 Å². The molecule has 0 N–H and O–H groups in total. The van der Waals surface area contributed by atoms with Crippen LogP contribution in [0.15, 0.2) is 61.3 Å². The van der Waals surface area contributed by atoms with Gasteiger partial charge in [0, 0.05) is 8.95 Å². The predicted molar refractivity (Wildman–Crippen MR) is 93.3 cm³/mol. The Balaban J connectivity index is 2.11. The van der Waals surface area contributed by atoms with Gasteiger partial charge in [-0.1, -0.05) is 37.1 Å². The van der Waals surface area contributed by atoms with Crippen molar-refractivity contribution >= 4 is 41.7 Å². The zero-order chi connectivity index (χ0) is 17.5. The van der Waals surface area contributed by atoms with Crippen molar-refractivity contribution in [2.24, 2.45) is 0 Å².